The molecule has 2 nitrogen and oxygen atoms in total. The van der Waals surface area contributed by atoms with Crippen LogP contribution in [0.25, 0.3) is 0 Å². The van der Waals surface area contributed by atoms with Crippen molar-refractivity contribution in [1.29, 1.82) is 0 Å². The van der Waals surface area contributed by atoms with E-state index in [1.807, 2.05) is 25.3 Å². The lowest BCUT2D eigenvalue weighted by atomic mass is 10.1. The Balaban J connectivity index is 1.90. The van der Waals surface area contributed by atoms with Gasteiger partial charge in [-0.15, -0.1) is 0 Å². The normalized spacial score (nSPS) is 10.5. The van der Waals surface area contributed by atoms with E-state index >= 15 is 0 Å². The predicted molar refractivity (Wildman–Crippen MR) is 96.8 cm³/mol. The van der Waals surface area contributed by atoms with Crippen LogP contribution in [0.3, 0.4) is 0 Å². The first-order valence-corrected chi connectivity index (χ1v) is 8.05. The average molecular weight is 323 g/mol. The van der Waals surface area contributed by atoms with Gasteiger partial charge in [0.25, 0.3) is 0 Å². The number of nitrogens with zero attached hydrogens (tertiary/aromatic N) is 2. The number of hydrogen-bond acceptors (Lipinski definition) is 2. The molecule has 0 unspecified atom stereocenters. The maximum atomic E-state index is 6.08. The van der Waals surface area contributed by atoms with Gasteiger partial charge in [-0.25, -0.2) is 4.98 Å². The molecule has 0 aliphatic rings. The summed E-state index contributed by atoms with van der Waals surface area (Å²) in [5.74, 6) is 0. The largest absolute Gasteiger partial charge is 0.362 e. The average Bonchev–Trinajstić information content (AvgIpc) is 2.59. The van der Waals surface area contributed by atoms with Crippen molar-refractivity contribution in [3.8, 4) is 0 Å². The molecule has 0 bridgehead atoms. The van der Waals surface area contributed by atoms with E-state index < -0.39 is 0 Å². The topological polar surface area (TPSA) is 16.1 Å². The molecule has 0 spiro atoms. The highest BCUT2D eigenvalue weighted by molar-refractivity contribution is 6.30. The van der Waals surface area contributed by atoms with Gasteiger partial charge in [-0.05, 0) is 29.7 Å². The van der Waals surface area contributed by atoms with E-state index in [1.165, 1.54) is 11.1 Å². The molecule has 3 rings (SSSR count). The summed E-state index contributed by atoms with van der Waals surface area (Å²) < 4.78 is 0. The second kappa shape index (κ2) is 7.30. The van der Waals surface area contributed by atoms with Gasteiger partial charge in [-0.2, -0.15) is 0 Å². The third-order valence-corrected chi connectivity index (χ3v) is 4.19. The van der Waals surface area contributed by atoms with Crippen LogP contribution >= 0.6 is 11.6 Å². The van der Waals surface area contributed by atoms with Crippen LogP contribution < -0.4 is 4.90 Å². The van der Waals surface area contributed by atoms with Crippen LogP contribution in [0.15, 0.2) is 72.9 Å². The number of benzene rings is 2. The highest BCUT2D eigenvalue weighted by Crippen LogP contribution is 2.23. The van der Waals surface area contributed by atoms with E-state index in [1.54, 1.807) is 0 Å². The summed E-state index contributed by atoms with van der Waals surface area (Å²) >= 11 is 6.08. The van der Waals surface area contributed by atoms with Gasteiger partial charge in [0, 0.05) is 13.1 Å². The molecule has 116 valence electrons. The van der Waals surface area contributed by atoms with Crippen molar-refractivity contribution in [2.45, 2.75) is 20.0 Å². The molecule has 1 heterocycles. The zero-order valence-electron chi connectivity index (χ0n) is 13.1. The molecule has 0 N–H and O–H groups in total. The van der Waals surface area contributed by atoms with Gasteiger partial charge >= 0.3 is 0 Å². The Morgan fingerprint density at radius 1 is 0.870 bits per heavy atom. The number of aromatic nitrogens is 1. The van der Waals surface area contributed by atoms with Gasteiger partial charge in [-0.1, -0.05) is 72.3 Å². The van der Waals surface area contributed by atoms with Gasteiger partial charge in [0.05, 0.1) is 11.9 Å². The fraction of sp³-hybridized carbons (Fsp3) is 0.150. The van der Waals surface area contributed by atoms with Crippen LogP contribution in [-0.4, -0.2) is 4.98 Å². The second-order valence-electron chi connectivity index (χ2n) is 5.63. The summed E-state index contributed by atoms with van der Waals surface area (Å²) in [5, 5.41) is 0.563. The third kappa shape index (κ3) is 4.11. The number of hydrogen-bond donors (Lipinski definition) is 0. The molecule has 0 aliphatic heterocycles. The molecular formula is C20H19ClN2. The maximum Gasteiger partial charge on any atom is 0.132 e. The van der Waals surface area contributed by atoms with Gasteiger partial charge < -0.3 is 4.90 Å². The summed E-state index contributed by atoms with van der Waals surface area (Å²) in [6.45, 7) is 3.65. The Morgan fingerprint density at radius 3 is 1.87 bits per heavy atom. The van der Waals surface area contributed by atoms with Crippen molar-refractivity contribution in [3.63, 3.8) is 0 Å². The van der Waals surface area contributed by atoms with Crippen LogP contribution in [0, 0.1) is 6.92 Å². The molecule has 0 aliphatic carbocycles. The molecule has 0 atom stereocenters. The van der Waals surface area contributed by atoms with E-state index in [-0.39, 0.29) is 0 Å². The number of pyridine rings is 1. The molecule has 2 aromatic carbocycles. The standard InChI is InChI=1S/C20H19ClN2/c1-16-12-19(13-22-20(16)21)23(14-17-8-4-2-5-9-17)15-18-10-6-3-7-11-18/h2-13H,14-15H2,1H3. The molecule has 0 fully saturated rings. The van der Waals surface area contributed by atoms with Crippen LogP contribution in [0.5, 0.6) is 0 Å². The SMILES string of the molecule is Cc1cc(N(Cc2ccccc2)Cc2ccccc2)cnc1Cl. The zero-order valence-corrected chi connectivity index (χ0v) is 13.9. The summed E-state index contributed by atoms with van der Waals surface area (Å²) in [4.78, 5) is 6.63. The summed E-state index contributed by atoms with van der Waals surface area (Å²) in [6, 6.07) is 23.1. The summed E-state index contributed by atoms with van der Waals surface area (Å²) in [5.41, 5.74) is 4.63. The molecule has 0 saturated heterocycles. The van der Waals surface area contributed by atoms with E-state index in [0.717, 1.165) is 24.3 Å². The van der Waals surface area contributed by atoms with Crippen molar-refractivity contribution in [1.82, 2.24) is 4.98 Å². The number of aryl methyl sites for hydroxylation is 1. The lowest BCUT2D eigenvalue weighted by molar-refractivity contribution is 0.796. The monoisotopic (exact) mass is 322 g/mol. The quantitative estimate of drug-likeness (QED) is 0.596. The van der Waals surface area contributed by atoms with Gasteiger partial charge in [-0.3, -0.25) is 0 Å². The van der Waals surface area contributed by atoms with Crippen LogP contribution in [0.2, 0.25) is 5.15 Å². The maximum absolute atomic E-state index is 6.08. The first-order valence-electron chi connectivity index (χ1n) is 7.67. The van der Waals surface area contributed by atoms with Gasteiger partial charge in [0.15, 0.2) is 0 Å². The first-order chi connectivity index (χ1) is 11.2. The fourth-order valence-electron chi connectivity index (χ4n) is 2.56. The van der Waals surface area contributed by atoms with E-state index in [9.17, 15) is 0 Å². The third-order valence-electron chi connectivity index (χ3n) is 3.80. The lowest BCUT2D eigenvalue weighted by Crippen LogP contribution is -2.22. The molecule has 23 heavy (non-hydrogen) atoms. The van der Waals surface area contributed by atoms with Crippen molar-refractivity contribution in [3.05, 3.63) is 94.8 Å². The summed E-state index contributed by atoms with van der Waals surface area (Å²) in [7, 11) is 0. The number of halogens is 1. The van der Waals surface area contributed by atoms with Gasteiger partial charge in [0.1, 0.15) is 5.15 Å². The molecular weight excluding hydrogens is 304 g/mol. The van der Waals surface area contributed by atoms with E-state index in [2.05, 4.69) is 64.5 Å². The molecule has 0 amide bonds. The fourth-order valence-corrected chi connectivity index (χ4v) is 2.67. The minimum absolute atomic E-state index is 0.563. The van der Waals surface area contributed by atoms with Crippen molar-refractivity contribution in [2.24, 2.45) is 0 Å². The predicted octanol–water partition coefficient (Wildman–Crippen LogP) is 5.25. The minimum Gasteiger partial charge on any atom is -0.362 e. The second-order valence-corrected chi connectivity index (χ2v) is 5.99. The highest BCUT2D eigenvalue weighted by Gasteiger charge is 2.10. The Hall–Kier alpha value is -2.32. The van der Waals surface area contributed by atoms with Crippen LogP contribution in [0.1, 0.15) is 16.7 Å². The van der Waals surface area contributed by atoms with E-state index in [4.69, 9.17) is 11.6 Å². The minimum atomic E-state index is 0.563. The van der Waals surface area contributed by atoms with Crippen LogP contribution in [0.4, 0.5) is 5.69 Å². The first kappa shape index (κ1) is 15.6. The van der Waals surface area contributed by atoms with Gasteiger partial charge in [0.2, 0.25) is 0 Å². The van der Waals surface area contributed by atoms with Crippen molar-refractivity contribution in [2.75, 3.05) is 4.90 Å². The smallest absolute Gasteiger partial charge is 0.132 e. The lowest BCUT2D eigenvalue weighted by Gasteiger charge is -2.25. The number of rotatable bonds is 5. The Bertz CT molecular complexity index is 716. The van der Waals surface area contributed by atoms with Crippen molar-refractivity contribution < 1.29 is 0 Å². The summed E-state index contributed by atoms with van der Waals surface area (Å²) in [6.07, 6.45) is 1.85. The Kier molecular flexibility index (Phi) is 4.94. The molecule has 0 radical (unpaired) electrons. The number of anilines is 1. The Labute approximate surface area is 142 Å². The molecule has 1 aromatic heterocycles. The molecule has 3 aromatic rings. The molecule has 0 saturated carbocycles. The Morgan fingerprint density at radius 2 is 1.39 bits per heavy atom. The highest BCUT2D eigenvalue weighted by atomic mass is 35.5. The molecule has 3 heteroatoms. The van der Waals surface area contributed by atoms with Crippen molar-refractivity contribution >= 4 is 17.3 Å². The zero-order chi connectivity index (χ0) is 16.1. The van der Waals surface area contributed by atoms with E-state index in [0.29, 0.717) is 5.15 Å². The van der Waals surface area contributed by atoms with Crippen LogP contribution in [-0.2, 0) is 13.1 Å².